The minimum atomic E-state index is 0.190. The summed E-state index contributed by atoms with van der Waals surface area (Å²) in [7, 11) is 0. The van der Waals surface area contributed by atoms with Crippen LogP contribution in [0.2, 0.25) is 0 Å². The highest BCUT2D eigenvalue weighted by atomic mass is 32.1. The van der Waals surface area contributed by atoms with Gasteiger partial charge in [0.1, 0.15) is 0 Å². The van der Waals surface area contributed by atoms with Crippen molar-refractivity contribution in [2.24, 2.45) is 0 Å². The van der Waals surface area contributed by atoms with Crippen molar-refractivity contribution in [1.82, 2.24) is 15.5 Å². The van der Waals surface area contributed by atoms with Gasteiger partial charge in [-0.3, -0.25) is 0 Å². The van der Waals surface area contributed by atoms with Gasteiger partial charge < -0.3 is 15.1 Å². The van der Waals surface area contributed by atoms with Crippen LogP contribution in [0.5, 0.6) is 0 Å². The van der Waals surface area contributed by atoms with E-state index < -0.39 is 0 Å². The summed E-state index contributed by atoms with van der Waals surface area (Å²) in [5.74, 6) is 0.641. The first-order chi connectivity index (χ1) is 8.81. The zero-order valence-electron chi connectivity index (χ0n) is 10.2. The third kappa shape index (κ3) is 2.88. The summed E-state index contributed by atoms with van der Waals surface area (Å²) in [6.45, 7) is 2.74. The predicted octanol–water partition coefficient (Wildman–Crippen LogP) is 2.56. The average Bonchev–Trinajstić information content (AvgIpc) is 2.88. The van der Waals surface area contributed by atoms with Gasteiger partial charge in [-0.15, -0.1) is 16.4 Å². The van der Waals surface area contributed by atoms with E-state index in [-0.39, 0.29) is 6.04 Å². The van der Waals surface area contributed by atoms with Gasteiger partial charge in [0.25, 0.3) is 0 Å². The minimum Gasteiger partial charge on any atom is -0.407 e. The second kappa shape index (κ2) is 5.07. The Morgan fingerprint density at radius 3 is 3.11 bits per heavy atom. The van der Waals surface area contributed by atoms with Crippen LogP contribution in [0, 0.1) is 0 Å². The second-order valence-corrected chi connectivity index (χ2v) is 5.52. The second-order valence-electron chi connectivity index (χ2n) is 4.54. The van der Waals surface area contributed by atoms with E-state index in [2.05, 4.69) is 39.2 Å². The number of rotatable bonds is 6. The lowest BCUT2D eigenvalue weighted by Gasteiger charge is -2.08. The van der Waals surface area contributed by atoms with Crippen molar-refractivity contribution < 1.29 is 4.42 Å². The third-order valence-corrected chi connectivity index (χ3v) is 3.95. The summed E-state index contributed by atoms with van der Waals surface area (Å²) in [6, 6.07) is 5.46. The van der Waals surface area contributed by atoms with Crippen molar-refractivity contribution >= 4 is 17.4 Å². The molecule has 1 aliphatic carbocycles. The summed E-state index contributed by atoms with van der Waals surface area (Å²) in [4.78, 5) is 1.26. The first-order valence-corrected chi connectivity index (χ1v) is 7.05. The van der Waals surface area contributed by atoms with Crippen LogP contribution in [0.3, 0.4) is 0 Å². The van der Waals surface area contributed by atoms with E-state index in [1.807, 2.05) is 6.07 Å². The van der Waals surface area contributed by atoms with Gasteiger partial charge in [0.2, 0.25) is 5.89 Å². The maximum absolute atomic E-state index is 5.54. The lowest BCUT2D eigenvalue weighted by atomic mass is 10.3. The van der Waals surface area contributed by atoms with Gasteiger partial charge in [0.05, 0.1) is 12.6 Å². The Hall–Kier alpha value is -1.40. The van der Waals surface area contributed by atoms with E-state index in [0.717, 1.165) is 0 Å². The Bertz CT molecular complexity index is 492. The molecule has 0 saturated heterocycles. The van der Waals surface area contributed by atoms with Crippen LogP contribution < -0.4 is 10.6 Å². The van der Waals surface area contributed by atoms with Crippen LogP contribution in [-0.4, -0.2) is 16.2 Å². The fourth-order valence-electron chi connectivity index (χ4n) is 1.70. The lowest BCUT2D eigenvalue weighted by molar-refractivity contribution is 0.473. The first-order valence-electron chi connectivity index (χ1n) is 6.17. The van der Waals surface area contributed by atoms with Crippen molar-refractivity contribution in [3.8, 4) is 0 Å². The molecule has 0 aliphatic heterocycles. The quantitative estimate of drug-likeness (QED) is 0.839. The number of aromatic nitrogens is 2. The summed E-state index contributed by atoms with van der Waals surface area (Å²) >= 11 is 1.71. The minimum absolute atomic E-state index is 0.190. The van der Waals surface area contributed by atoms with Gasteiger partial charge in [-0.1, -0.05) is 11.2 Å². The summed E-state index contributed by atoms with van der Waals surface area (Å²) < 4.78 is 5.54. The van der Waals surface area contributed by atoms with E-state index in [4.69, 9.17) is 4.42 Å². The molecule has 96 valence electrons. The molecule has 1 atom stereocenters. The molecule has 18 heavy (non-hydrogen) atoms. The smallest absolute Gasteiger partial charge is 0.316 e. The molecule has 2 N–H and O–H groups in total. The molecule has 2 aromatic rings. The largest absolute Gasteiger partial charge is 0.407 e. The van der Waals surface area contributed by atoms with Gasteiger partial charge in [-0.2, -0.15) is 0 Å². The number of hydrogen-bond acceptors (Lipinski definition) is 6. The van der Waals surface area contributed by atoms with Crippen molar-refractivity contribution in [1.29, 1.82) is 0 Å². The molecule has 0 spiro atoms. The van der Waals surface area contributed by atoms with Crippen LogP contribution in [0.4, 0.5) is 6.01 Å². The van der Waals surface area contributed by atoms with Crippen LogP contribution in [0.25, 0.3) is 0 Å². The molecule has 1 fully saturated rings. The van der Waals surface area contributed by atoms with Crippen molar-refractivity contribution in [2.75, 3.05) is 5.32 Å². The zero-order valence-corrected chi connectivity index (χ0v) is 11.0. The molecule has 1 aliphatic rings. The van der Waals surface area contributed by atoms with E-state index in [1.165, 1.54) is 17.7 Å². The highest BCUT2D eigenvalue weighted by Gasteiger charge is 2.21. The SMILES string of the molecule is CC(Nc1nnc(CNC2CC2)o1)c1cccs1. The summed E-state index contributed by atoms with van der Waals surface area (Å²) in [5.41, 5.74) is 0. The number of hydrogen-bond donors (Lipinski definition) is 2. The summed E-state index contributed by atoms with van der Waals surface area (Å²) in [6.07, 6.45) is 2.52. The van der Waals surface area contributed by atoms with Gasteiger partial charge in [0.15, 0.2) is 0 Å². The number of nitrogens with one attached hydrogen (secondary N) is 2. The fourth-order valence-corrected chi connectivity index (χ4v) is 2.43. The molecule has 0 bridgehead atoms. The van der Waals surface area contributed by atoms with Crippen LogP contribution in [0.1, 0.15) is 36.6 Å². The molecule has 1 unspecified atom stereocenters. The molecule has 2 aromatic heterocycles. The highest BCUT2D eigenvalue weighted by Crippen LogP contribution is 2.23. The summed E-state index contributed by atoms with van der Waals surface area (Å²) in [5, 5.41) is 16.6. The molecule has 2 heterocycles. The molecule has 0 radical (unpaired) electrons. The van der Waals surface area contributed by atoms with E-state index in [0.29, 0.717) is 24.5 Å². The normalized spacial score (nSPS) is 16.7. The molecular formula is C12H16N4OS. The lowest BCUT2D eigenvalue weighted by Crippen LogP contribution is -2.15. The van der Waals surface area contributed by atoms with Gasteiger partial charge in [-0.05, 0) is 31.2 Å². The Balaban J connectivity index is 1.55. The third-order valence-electron chi connectivity index (χ3n) is 2.90. The maximum Gasteiger partial charge on any atom is 0.316 e. The Labute approximate surface area is 110 Å². The molecule has 5 nitrogen and oxygen atoms in total. The average molecular weight is 264 g/mol. The highest BCUT2D eigenvalue weighted by molar-refractivity contribution is 7.10. The molecule has 0 amide bonds. The van der Waals surface area contributed by atoms with E-state index in [9.17, 15) is 0 Å². The predicted molar refractivity (Wildman–Crippen MR) is 70.5 cm³/mol. The molecule has 6 heteroatoms. The van der Waals surface area contributed by atoms with Crippen molar-refractivity contribution in [3.63, 3.8) is 0 Å². The molecule has 1 saturated carbocycles. The Morgan fingerprint density at radius 1 is 1.50 bits per heavy atom. The molecule has 3 rings (SSSR count). The van der Waals surface area contributed by atoms with Crippen molar-refractivity contribution in [3.05, 3.63) is 28.3 Å². The van der Waals surface area contributed by atoms with E-state index in [1.54, 1.807) is 11.3 Å². The number of anilines is 1. The number of nitrogens with zero attached hydrogens (tertiary/aromatic N) is 2. The number of thiophene rings is 1. The van der Waals surface area contributed by atoms with Gasteiger partial charge in [0, 0.05) is 10.9 Å². The van der Waals surface area contributed by atoms with Gasteiger partial charge >= 0.3 is 6.01 Å². The molecular weight excluding hydrogens is 248 g/mol. The van der Waals surface area contributed by atoms with Crippen LogP contribution in [-0.2, 0) is 6.54 Å². The fraction of sp³-hybridized carbons (Fsp3) is 0.500. The van der Waals surface area contributed by atoms with Crippen LogP contribution in [0.15, 0.2) is 21.9 Å². The maximum atomic E-state index is 5.54. The van der Waals surface area contributed by atoms with Crippen molar-refractivity contribution in [2.45, 2.75) is 38.4 Å². The Morgan fingerprint density at radius 2 is 2.39 bits per heavy atom. The van der Waals surface area contributed by atoms with Crippen LogP contribution >= 0.6 is 11.3 Å². The molecule has 0 aromatic carbocycles. The monoisotopic (exact) mass is 264 g/mol. The van der Waals surface area contributed by atoms with Gasteiger partial charge in [-0.25, -0.2) is 0 Å². The van der Waals surface area contributed by atoms with E-state index >= 15 is 0 Å². The topological polar surface area (TPSA) is 63.0 Å². The zero-order chi connectivity index (χ0) is 12.4. The first kappa shape index (κ1) is 11.7. The standard InChI is InChI=1S/C12H16N4OS/c1-8(10-3-2-6-18-10)14-12-16-15-11(17-12)7-13-9-4-5-9/h2-3,6,8-9,13H,4-5,7H2,1H3,(H,14,16). The Kier molecular flexibility index (Phi) is 3.29.